The zero-order valence-electron chi connectivity index (χ0n) is 11.0. The van der Waals surface area contributed by atoms with Gasteiger partial charge in [0.2, 0.25) is 0 Å². The predicted molar refractivity (Wildman–Crippen MR) is 77.4 cm³/mol. The topological polar surface area (TPSA) is 74.7 Å². The second-order valence-corrected chi connectivity index (χ2v) is 7.91. The first-order valence-corrected chi connectivity index (χ1v) is 8.74. The van der Waals surface area contributed by atoms with Crippen LogP contribution >= 0.6 is 11.3 Å². The van der Waals surface area contributed by atoms with E-state index < -0.39 is 9.84 Å². The Bertz CT molecular complexity index is 666. The molecule has 2 heterocycles. The summed E-state index contributed by atoms with van der Waals surface area (Å²) in [6.45, 7) is -0.221. The Balaban J connectivity index is 2.09. The van der Waals surface area contributed by atoms with Crippen LogP contribution in [0.4, 0.5) is 0 Å². The summed E-state index contributed by atoms with van der Waals surface area (Å²) in [5.74, 6) is 5.27. The number of hydrogen-bond donors (Lipinski definition) is 1. The molecule has 108 valence electrons. The molecule has 1 fully saturated rings. The second-order valence-electron chi connectivity index (χ2n) is 4.60. The summed E-state index contributed by atoms with van der Waals surface area (Å²) in [7, 11) is -1.37. The number of aliphatic hydroxyl groups is 1. The largest absolute Gasteiger partial charge is 0.384 e. The van der Waals surface area contributed by atoms with E-state index in [1.807, 2.05) is 0 Å². The maximum atomic E-state index is 12.3. The molecule has 1 aliphatic rings. The van der Waals surface area contributed by atoms with Gasteiger partial charge in [-0.1, -0.05) is 11.8 Å². The van der Waals surface area contributed by atoms with Gasteiger partial charge in [0.1, 0.15) is 6.61 Å². The number of amides is 1. The summed E-state index contributed by atoms with van der Waals surface area (Å²) in [6.07, 6.45) is 0.493. The molecule has 1 aromatic rings. The van der Waals surface area contributed by atoms with Crippen LogP contribution in [0.2, 0.25) is 0 Å². The maximum Gasteiger partial charge on any atom is 0.263 e. The fraction of sp³-hybridized carbons (Fsp3) is 0.462. The van der Waals surface area contributed by atoms with E-state index in [2.05, 4.69) is 11.8 Å². The van der Waals surface area contributed by atoms with Gasteiger partial charge < -0.3 is 10.0 Å². The minimum absolute atomic E-state index is 0.0395. The molecule has 0 aliphatic carbocycles. The van der Waals surface area contributed by atoms with E-state index in [1.54, 1.807) is 19.2 Å². The van der Waals surface area contributed by atoms with Crippen molar-refractivity contribution in [3.8, 4) is 11.8 Å². The van der Waals surface area contributed by atoms with Crippen LogP contribution in [0.3, 0.4) is 0 Å². The third kappa shape index (κ3) is 3.39. The van der Waals surface area contributed by atoms with Crippen LogP contribution in [0.25, 0.3) is 0 Å². The zero-order chi connectivity index (χ0) is 14.8. The summed E-state index contributed by atoms with van der Waals surface area (Å²) in [6, 6.07) is 3.15. The highest BCUT2D eigenvalue weighted by atomic mass is 32.2. The summed E-state index contributed by atoms with van der Waals surface area (Å²) < 4.78 is 22.9. The van der Waals surface area contributed by atoms with Crippen molar-refractivity contribution in [3.63, 3.8) is 0 Å². The highest BCUT2D eigenvalue weighted by Crippen LogP contribution is 2.22. The van der Waals surface area contributed by atoms with Crippen molar-refractivity contribution in [2.24, 2.45) is 0 Å². The first-order valence-electron chi connectivity index (χ1n) is 6.10. The molecule has 1 saturated heterocycles. The monoisotopic (exact) mass is 313 g/mol. The Morgan fingerprint density at radius 1 is 1.55 bits per heavy atom. The summed E-state index contributed by atoms with van der Waals surface area (Å²) >= 11 is 1.24. The Morgan fingerprint density at radius 3 is 2.90 bits per heavy atom. The van der Waals surface area contributed by atoms with Crippen LogP contribution < -0.4 is 0 Å². The van der Waals surface area contributed by atoms with Crippen molar-refractivity contribution in [1.82, 2.24) is 4.90 Å². The molecule has 0 aromatic carbocycles. The first-order chi connectivity index (χ1) is 9.43. The van der Waals surface area contributed by atoms with Crippen LogP contribution in [0, 0.1) is 11.8 Å². The van der Waals surface area contributed by atoms with E-state index in [0.717, 1.165) is 0 Å². The van der Waals surface area contributed by atoms with Crippen molar-refractivity contribution in [2.45, 2.75) is 12.5 Å². The van der Waals surface area contributed by atoms with Crippen molar-refractivity contribution in [2.75, 3.05) is 25.2 Å². The lowest BCUT2D eigenvalue weighted by Gasteiger charge is -2.22. The SMILES string of the molecule is CN(C(=O)c1ccc(C#CCO)s1)C1CCS(=O)(=O)C1. The molecular weight excluding hydrogens is 298 g/mol. The Kier molecular flexibility index (Phi) is 4.48. The van der Waals surface area contributed by atoms with Gasteiger partial charge in [0.15, 0.2) is 9.84 Å². The summed E-state index contributed by atoms with van der Waals surface area (Å²) in [5.41, 5.74) is 0. The van der Waals surface area contributed by atoms with Crippen molar-refractivity contribution >= 4 is 27.1 Å². The molecule has 7 heteroatoms. The lowest BCUT2D eigenvalue weighted by Crippen LogP contribution is -2.37. The van der Waals surface area contributed by atoms with Gasteiger partial charge in [0.25, 0.3) is 5.91 Å². The lowest BCUT2D eigenvalue weighted by molar-refractivity contribution is 0.0752. The van der Waals surface area contributed by atoms with Crippen LogP contribution in [0.5, 0.6) is 0 Å². The quantitative estimate of drug-likeness (QED) is 0.800. The van der Waals surface area contributed by atoms with E-state index >= 15 is 0 Å². The van der Waals surface area contributed by atoms with Gasteiger partial charge >= 0.3 is 0 Å². The fourth-order valence-corrected chi connectivity index (χ4v) is 4.71. The van der Waals surface area contributed by atoms with Crippen LogP contribution in [-0.2, 0) is 9.84 Å². The van der Waals surface area contributed by atoms with Crippen LogP contribution in [-0.4, -0.2) is 55.5 Å². The Morgan fingerprint density at radius 2 is 2.30 bits per heavy atom. The number of carbonyl (C=O) groups excluding carboxylic acids is 1. The van der Waals surface area contributed by atoms with E-state index in [1.165, 1.54) is 16.2 Å². The fourth-order valence-electron chi connectivity index (χ4n) is 2.07. The third-order valence-electron chi connectivity index (χ3n) is 3.18. The van der Waals surface area contributed by atoms with Gasteiger partial charge in [-0.3, -0.25) is 4.79 Å². The number of aliphatic hydroxyl groups excluding tert-OH is 1. The molecule has 1 amide bonds. The van der Waals surface area contributed by atoms with E-state index in [4.69, 9.17) is 5.11 Å². The third-order valence-corrected chi connectivity index (χ3v) is 5.92. The lowest BCUT2D eigenvalue weighted by atomic mass is 10.2. The minimum Gasteiger partial charge on any atom is -0.384 e. The molecule has 1 atom stereocenters. The molecule has 0 spiro atoms. The molecule has 1 aromatic heterocycles. The van der Waals surface area contributed by atoms with Gasteiger partial charge in [0.05, 0.1) is 21.3 Å². The normalized spacial score (nSPS) is 20.2. The molecule has 1 aliphatic heterocycles. The summed E-state index contributed by atoms with van der Waals surface area (Å²) in [5, 5.41) is 8.62. The van der Waals surface area contributed by atoms with E-state index in [-0.39, 0.29) is 30.1 Å². The number of sulfone groups is 1. The Labute approximate surface area is 122 Å². The smallest absolute Gasteiger partial charge is 0.263 e. The van der Waals surface area contributed by atoms with E-state index in [0.29, 0.717) is 16.2 Å². The van der Waals surface area contributed by atoms with Crippen molar-refractivity contribution < 1.29 is 18.3 Å². The minimum atomic E-state index is -3.00. The van der Waals surface area contributed by atoms with Gasteiger partial charge in [0, 0.05) is 13.1 Å². The molecule has 2 rings (SSSR count). The molecule has 1 N–H and O–H groups in total. The van der Waals surface area contributed by atoms with Gasteiger partial charge in [-0.15, -0.1) is 11.3 Å². The van der Waals surface area contributed by atoms with Crippen molar-refractivity contribution in [3.05, 3.63) is 21.9 Å². The molecule has 0 saturated carbocycles. The number of thiophene rings is 1. The number of carbonyl (C=O) groups is 1. The molecule has 0 radical (unpaired) electrons. The van der Waals surface area contributed by atoms with Gasteiger partial charge in [-0.2, -0.15) is 0 Å². The van der Waals surface area contributed by atoms with Crippen molar-refractivity contribution in [1.29, 1.82) is 0 Å². The average molecular weight is 313 g/mol. The average Bonchev–Trinajstić information content (AvgIpc) is 3.01. The standard InChI is InChI=1S/C13H15NO4S2/c1-14(10-6-8-20(17,18)9-10)13(16)12-5-4-11(19-12)3-2-7-15/h4-5,10,15H,6-9H2,1H3. The second kappa shape index (κ2) is 5.95. The van der Waals surface area contributed by atoms with Crippen LogP contribution in [0.1, 0.15) is 21.0 Å². The molecule has 5 nitrogen and oxygen atoms in total. The highest BCUT2D eigenvalue weighted by molar-refractivity contribution is 7.91. The summed E-state index contributed by atoms with van der Waals surface area (Å²) in [4.78, 5) is 15.0. The Hall–Kier alpha value is -1.36. The first kappa shape index (κ1) is 15.0. The maximum absolute atomic E-state index is 12.3. The highest BCUT2D eigenvalue weighted by Gasteiger charge is 2.33. The van der Waals surface area contributed by atoms with Crippen LogP contribution in [0.15, 0.2) is 12.1 Å². The zero-order valence-corrected chi connectivity index (χ0v) is 12.6. The molecule has 0 bridgehead atoms. The molecule has 20 heavy (non-hydrogen) atoms. The van der Waals surface area contributed by atoms with Gasteiger partial charge in [-0.25, -0.2) is 8.42 Å². The number of rotatable bonds is 2. The molecular formula is C13H15NO4S2. The van der Waals surface area contributed by atoms with E-state index in [9.17, 15) is 13.2 Å². The predicted octanol–water partition coefficient (Wildman–Crippen LogP) is 0.351. The van der Waals surface area contributed by atoms with Gasteiger partial charge in [-0.05, 0) is 18.6 Å². The molecule has 1 unspecified atom stereocenters. The number of hydrogen-bond acceptors (Lipinski definition) is 5. The number of nitrogens with zero attached hydrogens (tertiary/aromatic N) is 1.